The molecule has 3 rings (SSSR count). The van der Waals surface area contributed by atoms with Gasteiger partial charge in [-0.15, -0.1) is 0 Å². The summed E-state index contributed by atoms with van der Waals surface area (Å²) in [6.07, 6.45) is 1.27. The SMILES string of the molecule is O=C(Nc1ccc(F)c(F)c1F)c1cc(C(=O)N2CCOCC2)ccn1. The van der Waals surface area contributed by atoms with Crippen LogP contribution in [0.5, 0.6) is 0 Å². The van der Waals surface area contributed by atoms with E-state index in [0.29, 0.717) is 32.4 Å². The number of carbonyl (C=O) groups is 2. The summed E-state index contributed by atoms with van der Waals surface area (Å²) < 4.78 is 45.0. The van der Waals surface area contributed by atoms with E-state index in [1.165, 1.54) is 18.3 Å². The Kier molecular flexibility index (Phi) is 5.17. The second-order valence-corrected chi connectivity index (χ2v) is 5.51. The van der Waals surface area contributed by atoms with Crippen LogP contribution in [0.4, 0.5) is 18.9 Å². The highest BCUT2D eigenvalue weighted by Gasteiger charge is 2.21. The first kappa shape index (κ1) is 17.9. The van der Waals surface area contributed by atoms with Crippen LogP contribution < -0.4 is 5.32 Å². The topological polar surface area (TPSA) is 71.5 Å². The fraction of sp³-hybridized carbons (Fsp3) is 0.235. The number of amides is 2. The van der Waals surface area contributed by atoms with Crippen LogP contribution in [0.2, 0.25) is 0 Å². The number of hydrogen-bond donors (Lipinski definition) is 1. The number of hydrogen-bond acceptors (Lipinski definition) is 4. The molecule has 0 spiro atoms. The summed E-state index contributed by atoms with van der Waals surface area (Å²) in [7, 11) is 0. The maximum absolute atomic E-state index is 13.7. The Bertz CT molecular complexity index is 854. The van der Waals surface area contributed by atoms with Crippen LogP contribution in [0, 0.1) is 17.5 Å². The summed E-state index contributed by atoms with van der Waals surface area (Å²) in [6, 6.07) is 4.30. The predicted octanol–water partition coefficient (Wildman–Crippen LogP) is 2.22. The van der Waals surface area contributed by atoms with E-state index >= 15 is 0 Å². The van der Waals surface area contributed by atoms with Crippen LogP contribution in [0.1, 0.15) is 20.8 Å². The Morgan fingerprint density at radius 1 is 1.08 bits per heavy atom. The highest BCUT2D eigenvalue weighted by Crippen LogP contribution is 2.20. The fourth-order valence-electron chi connectivity index (χ4n) is 2.45. The monoisotopic (exact) mass is 365 g/mol. The minimum atomic E-state index is -1.69. The van der Waals surface area contributed by atoms with Gasteiger partial charge in [0.15, 0.2) is 17.5 Å². The Balaban J connectivity index is 1.78. The van der Waals surface area contributed by atoms with Gasteiger partial charge >= 0.3 is 0 Å². The van der Waals surface area contributed by atoms with Gasteiger partial charge < -0.3 is 15.0 Å². The quantitative estimate of drug-likeness (QED) is 0.847. The van der Waals surface area contributed by atoms with Crippen LogP contribution in [0.25, 0.3) is 0 Å². The molecule has 9 heteroatoms. The number of halogens is 3. The van der Waals surface area contributed by atoms with E-state index < -0.39 is 29.0 Å². The zero-order chi connectivity index (χ0) is 18.7. The summed E-state index contributed by atoms with van der Waals surface area (Å²) >= 11 is 0. The zero-order valence-corrected chi connectivity index (χ0v) is 13.5. The molecule has 1 aliphatic rings. The molecule has 0 aliphatic carbocycles. The normalized spacial score (nSPS) is 14.2. The number of pyridine rings is 1. The Morgan fingerprint density at radius 3 is 2.54 bits per heavy atom. The first-order valence-corrected chi connectivity index (χ1v) is 7.75. The van der Waals surface area contributed by atoms with Crippen LogP contribution in [-0.2, 0) is 4.74 Å². The molecule has 2 heterocycles. The van der Waals surface area contributed by atoms with Crippen molar-refractivity contribution < 1.29 is 27.5 Å². The number of nitrogens with zero attached hydrogens (tertiary/aromatic N) is 2. The van der Waals surface area contributed by atoms with E-state index in [1.807, 2.05) is 0 Å². The lowest BCUT2D eigenvalue weighted by Gasteiger charge is -2.26. The number of morpholine rings is 1. The van der Waals surface area contributed by atoms with Crippen LogP contribution in [0.3, 0.4) is 0 Å². The fourth-order valence-corrected chi connectivity index (χ4v) is 2.45. The van der Waals surface area contributed by atoms with Gasteiger partial charge in [-0.2, -0.15) is 0 Å². The Labute approximate surface area is 146 Å². The second kappa shape index (κ2) is 7.52. The minimum absolute atomic E-state index is 0.159. The molecule has 0 saturated carbocycles. The average Bonchev–Trinajstić information content (AvgIpc) is 2.68. The molecule has 1 saturated heterocycles. The summed E-state index contributed by atoms with van der Waals surface area (Å²) in [6.45, 7) is 1.73. The van der Waals surface area contributed by atoms with Gasteiger partial charge in [0.2, 0.25) is 0 Å². The molecule has 1 aliphatic heterocycles. The smallest absolute Gasteiger partial charge is 0.274 e. The van der Waals surface area contributed by atoms with Crippen LogP contribution >= 0.6 is 0 Å². The summed E-state index contributed by atoms with van der Waals surface area (Å²) in [5.41, 5.74) is -0.452. The summed E-state index contributed by atoms with van der Waals surface area (Å²) in [4.78, 5) is 30.1. The van der Waals surface area contributed by atoms with Crippen LogP contribution in [0.15, 0.2) is 30.5 Å². The van der Waals surface area contributed by atoms with Gasteiger partial charge in [0.1, 0.15) is 5.69 Å². The van der Waals surface area contributed by atoms with Gasteiger partial charge in [-0.25, -0.2) is 13.2 Å². The van der Waals surface area contributed by atoms with Crippen molar-refractivity contribution in [2.75, 3.05) is 31.6 Å². The number of aromatic nitrogens is 1. The largest absolute Gasteiger partial charge is 0.378 e. The number of ether oxygens (including phenoxy) is 1. The lowest BCUT2D eigenvalue weighted by molar-refractivity contribution is 0.0303. The molecule has 0 bridgehead atoms. The van der Waals surface area contributed by atoms with E-state index in [1.54, 1.807) is 4.90 Å². The molecule has 1 fully saturated rings. The van der Waals surface area contributed by atoms with Crippen molar-refractivity contribution >= 4 is 17.5 Å². The zero-order valence-electron chi connectivity index (χ0n) is 13.5. The molecule has 2 amide bonds. The van der Waals surface area contributed by atoms with E-state index in [0.717, 1.165) is 6.07 Å². The van der Waals surface area contributed by atoms with Crippen molar-refractivity contribution in [3.8, 4) is 0 Å². The lowest BCUT2D eigenvalue weighted by atomic mass is 10.2. The Morgan fingerprint density at radius 2 is 1.81 bits per heavy atom. The molecular formula is C17H14F3N3O3. The van der Waals surface area contributed by atoms with Gasteiger partial charge in [0, 0.05) is 24.8 Å². The molecule has 136 valence electrons. The minimum Gasteiger partial charge on any atom is -0.378 e. The van der Waals surface area contributed by atoms with E-state index in [4.69, 9.17) is 4.74 Å². The molecule has 0 atom stereocenters. The van der Waals surface area contributed by atoms with Gasteiger partial charge in [0.05, 0.1) is 18.9 Å². The number of benzene rings is 1. The first-order valence-electron chi connectivity index (χ1n) is 7.75. The molecule has 0 radical (unpaired) electrons. The first-order chi connectivity index (χ1) is 12.5. The van der Waals surface area contributed by atoms with Gasteiger partial charge in [-0.1, -0.05) is 0 Å². The van der Waals surface area contributed by atoms with Crippen molar-refractivity contribution in [1.29, 1.82) is 0 Å². The van der Waals surface area contributed by atoms with Crippen molar-refractivity contribution in [2.45, 2.75) is 0 Å². The molecular weight excluding hydrogens is 351 g/mol. The van der Waals surface area contributed by atoms with Crippen molar-refractivity contribution in [3.63, 3.8) is 0 Å². The number of nitrogens with one attached hydrogen (secondary N) is 1. The summed E-state index contributed by atoms with van der Waals surface area (Å²) in [5.74, 6) is -5.71. The van der Waals surface area contributed by atoms with Gasteiger partial charge in [-0.05, 0) is 24.3 Å². The number of anilines is 1. The van der Waals surface area contributed by atoms with Crippen molar-refractivity contribution in [1.82, 2.24) is 9.88 Å². The van der Waals surface area contributed by atoms with Crippen molar-refractivity contribution in [3.05, 3.63) is 59.2 Å². The standard InChI is InChI=1S/C17H14F3N3O3/c18-11-1-2-12(15(20)14(11)19)22-16(24)13-9-10(3-4-21-13)17(25)23-5-7-26-8-6-23/h1-4,9H,5-8H2,(H,22,24). The van der Waals surface area contributed by atoms with Gasteiger partial charge in [-0.3, -0.25) is 14.6 Å². The molecule has 1 aromatic heterocycles. The van der Waals surface area contributed by atoms with Crippen molar-refractivity contribution in [2.24, 2.45) is 0 Å². The van der Waals surface area contributed by atoms with Gasteiger partial charge in [0.25, 0.3) is 11.8 Å². The van der Waals surface area contributed by atoms with E-state index in [-0.39, 0.29) is 17.2 Å². The summed E-state index contributed by atoms with van der Waals surface area (Å²) in [5, 5.41) is 2.11. The molecule has 26 heavy (non-hydrogen) atoms. The lowest BCUT2D eigenvalue weighted by Crippen LogP contribution is -2.40. The van der Waals surface area contributed by atoms with E-state index in [9.17, 15) is 22.8 Å². The highest BCUT2D eigenvalue weighted by atomic mass is 19.2. The molecule has 1 N–H and O–H groups in total. The molecule has 1 aromatic carbocycles. The Hall–Kier alpha value is -2.94. The van der Waals surface area contributed by atoms with E-state index in [2.05, 4.69) is 10.3 Å². The predicted molar refractivity (Wildman–Crippen MR) is 85.2 cm³/mol. The van der Waals surface area contributed by atoms with Crippen LogP contribution in [-0.4, -0.2) is 48.0 Å². The average molecular weight is 365 g/mol. The highest BCUT2D eigenvalue weighted by molar-refractivity contribution is 6.04. The second-order valence-electron chi connectivity index (χ2n) is 5.51. The maximum Gasteiger partial charge on any atom is 0.274 e. The third-order valence-corrected chi connectivity index (χ3v) is 3.82. The molecule has 2 aromatic rings. The maximum atomic E-state index is 13.7. The molecule has 0 unspecified atom stereocenters. The third-order valence-electron chi connectivity index (χ3n) is 3.82. The number of rotatable bonds is 3. The number of carbonyl (C=O) groups excluding carboxylic acids is 2. The third kappa shape index (κ3) is 3.67. The molecule has 6 nitrogen and oxygen atoms in total.